The van der Waals surface area contributed by atoms with Crippen molar-refractivity contribution in [2.75, 3.05) is 12.4 Å². The van der Waals surface area contributed by atoms with Gasteiger partial charge in [-0.2, -0.15) is 0 Å². The lowest BCUT2D eigenvalue weighted by Crippen LogP contribution is -2.27. The summed E-state index contributed by atoms with van der Waals surface area (Å²) in [5, 5.41) is 4.39. The molecule has 0 spiro atoms. The number of halogens is 1. The van der Waals surface area contributed by atoms with Gasteiger partial charge in [0, 0.05) is 27.4 Å². The molecule has 4 nitrogen and oxygen atoms in total. The quantitative estimate of drug-likeness (QED) is 0.383. The lowest BCUT2D eigenvalue weighted by molar-refractivity contribution is 0.102. The molecular weight excluding hydrogens is 452 g/mol. The standard InChI is InChI=1S/C27H29ClN2O2S/c1-27(2,3)18-10-12-21-23(15-18)33-26(24(21)25(31)30-20-8-6-5-7-9-20)29-16-17-14-19(28)11-13-22(17)32-4/h5-9,11,13-14,16,18H,10,12,15H2,1-4H3,(H,30,31)/t18-/m1/s1. The van der Waals surface area contributed by atoms with Gasteiger partial charge in [0.25, 0.3) is 5.91 Å². The van der Waals surface area contributed by atoms with Gasteiger partial charge in [-0.15, -0.1) is 11.3 Å². The van der Waals surface area contributed by atoms with Crippen molar-refractivity contribution >= 4 is 45.7 Å². The van der Waals surface area contributed by atoms with Crippen molar-refractivity contribution in [1.82, 2.24) is 0 Å². The van der Waals surface area contributed by atoms with Gasteiger partial charge in [0.15, 0.2) is 0 Å². The number of aliphatic imine (C=N–C) groups is 1. The number of para-hydroxylation sites is 1. The van der Waals surface area contributed by atoms with Crippen LogP contribution in [-0.4, -0.2) is 19.2 Å². The van der Waals surface area contributed by atoms with E-state index in [-0.39, 0.29) is 11.3 Å². The Hall–Kier alpha value is -2.63. The van der Waals surface area contributed by atoms with Gasteiger partial charge in [-0.05, 0) is 66.5 Å². The molecule has 1 aromatic heterocycles. The topological polar surface area (TPSA) is 50.7 Å². The molecule has 1 N–H and O–H groups in total. The third-order valence-corrected chi connectivity index (χ3v) is 7.64. The zero-order valence-electron chi connectivity index (χ0n) is 19.4. The molecule has 0 saturated carbocycles. The molecule has 0 fully saturated rings. The normalized spacial score (nSPS) is 16.0. The van der Waals surface area contributed by atoms with Gasteiger partial charge in [-0.25, -0.2) is 4.99 Å². The number of carbonyl (C=O) groups is 1. The third-order valence-electron chi connectivity index (χ3n) is 6.24. The van der Waals surface area contributed by atoms with Crippen LogP contribution in [0.1, 0.15) is 53.6 Å². The van der Waals surface area contributed by atoms with Crippen molar-refractivity contribution < 1.29 is 9.53 Å². The molecule has 3 aromatic rings. The van der Waals surface area contributed by atoms with Crippen LogP contribution in [0.15, 0.2) is 53.5 Å². The average Bonchev–Trinajstić information content (AvgIpc) is 3.15. The van der Waals surface area contributed by atoms with Gasteiger partial charge in [0.2, 0.25) is 0 Å². The van der Waals surface area contributed by atoms with E-state index in [2.05, 4.69) is 26.1 Å². The first-order valence-corrected chi connectivity index (χ1v) is 12.3. The summed E-state index contributed by atoms with van der Waals surface area (Å²) in [5.74, 6) is 1.16. The number of nitrogens with one attached hydrogen (secondary N) is 1. The predicted molar refractivity (Wildman–Crippen MR) is 139 cm³/mol. The molecule has 1 aliphatic carbocycles. The molecule has 0 saturated heterocycles. The van der Waals surface area contributed by atoms with Gasteiger partial charge in [0.1, 0.15) is 10.8 Å². The first kappa shape index (κ1) is 23.5. The monoisotopic (exact) mass is 480 g/mol. The molecule has 2 aromatic carbocycles. The Labute approximate surface area is 204 Å². The molecule has 1 atom stereocenters. The fourth-order valence-corrected chi connectivity index (χ4v) is 5.73. The van der Waals surface area contributed by atoms with Crippen LogP contribution in [0.25, 0.3) is 0 Å². The number of thiophene rings is 1. The summed E-state index contributed by atoms with van der Waals surface area (Å²) >= 11 is 7.82. The minimum Gasteiger partial charge on any atom is -0.496 e. The first-order chi connectivity index (χ1) is 15.8. The van der Waals surface area contributed by atoms with E-state index in [4.69, 9.17) is 21.3 Å². The number of anilines is 1. The van der Waals surface area contributed by atoms with Crippen LogP contribution in [-0.2, 0) is 12.8 Å². The Morgan fingerprint density at radius 2 is 1.97 bits per heavy atom. The van der Waals surface area contributed by atoms with Crippen LogP contribution >= 0.6 is 22.9 Å². The summed E-state index contributed by atoms with van der Waals surface area (Å²) < 4.78 is 5.45. The van der Waals surface area contributed by atoms with Crippen LogP contribution in [0.4, 0.5) is 10.7 Å². The Morgan fingerprint density at radius 3 is 2.67 bits per heavy atom. The predicted octanol–water partition coefficient (Wildman–Crippen LogP) is 7.56. The van der Waals surface area contributed by atoms with E-state index < -0.39 is 0 Å². The average molecular weight is 481 g/mol. The van der Waals surface area contributed by atoms with E-state index in [1.807, 2.05) is 42.5 Å². The molecule has 1 aliphatic rings. The minimum absolute atomic E-state index is 0.113. The SMILES string of the molecule is COc1ccc(Cl)cc1C=Nc1sc2c(c1C(=O)Nc1ccccc1)CC[C@@H](C(C)(C)C)C2. The number of carbonyl (C=O) groups excluding carboxylic acids is 1. The number of fused-ring (bicyclic) bond motifs is 1. The number of hydrogen-bond donors (Lipinski definition) is 1. The van der Waals surface area contributed by atoms with Crippen LogP contribution in [0.3, 0.4) is 0 Å². The Bertz CT molecular complexity index is 1180. The summed E-state index contributed by atoms with van der Waals surface area (Å²) in [6.45, 7) is 6.89. The lowest BCUT2D eigenvalue weighted by Gasteiger charge is -2.33. The first-order valence-electron chi connectivity index (χ1n) is 11.1. The van der Waals surface area contributed by atoms with Crippen molar-refractivity contribution in [2.45, 2.75) is 40.0 Å². The fraction of sp³-hybridized carbons (Fsp3) is 0.333. The van der Waals surface area contributed by atoms with Gasteiger partial charge < -0.3 is 10.1 Å². The molecule has 0 radical (unpaired) electrons. The van der Waals surface area contributed by atoms with E-state index in [0.29, 0.717) is 22.3 Å². The Kier molecular flexibility index (Phi) is 6.91. The van der Waals surface area contributed by atoms with Crippen molar-refractivity contribution in [3.05, 3.63) is 75.1 Å². The molecule has 4 rings (SSSR count). The second-order valence-electron chi connectivity index (χ2n) is 9.45. The highest BCUT2D eigenvalue weighted by Crippen LogP contribution is 2.45. The Balaban J connectivity index is 1.73. The number of ether oxygens (including phenoxy) is 1. The number of nitrogens with zero attached hydrogens (tertiary/aromatic N) is 1. The van der Waals surface area contributed by atoms with Crippen LogP contribution in [0.5, 0.6) is 5.75 Å². The highest BCUT2D eigenvalue weighted by atomic mass is 35.5. The smallest absolute Gasteiger partial charge is 0.259 e. The summed E-state index contributed by atoms with van der Waals surface area (Å²) in [5.41, 5.74) is 3.60. The zero-order valence-corrected chi connectivity index (χ0v) is 21.0. The highest BCUT2D eigenvalue weighted by molar-refractivity contribution is 7.16. The largest absolute Gasteiger partial charge is 0.496 e. The van der Waals surface area contributed by atoms with Crippen LogP contribution in [0.2, 0.25) is 5.02 Å². The third kappa shape index (κ3) is 5.31. The van der Waals surface area contributed by atoms with Crippen molar-refractivity contribution in [2.24, 2.45) is 16.3 Å². The second-order valence-corrected chi connectivity index (χ2v) is 11.0. The maximum atomic E-state index is 13.4. The van der Waals surface area contributed by atoms with Crippen molar-refractivity contribution in [1.29, 1.82) is 0 Å². The van der Waals surface area contributed by atoms with E-state index >= 15 is 0 Å². The molecule has 172 valence electrons. The maximum Gasteiger partial charge on any atom is 0.259 e. The second kappa shape index (κ2) is 9.70. The van der Waals surface area contributed by atoms with E-state index in [1.54, 1.807) is 30.7 Å². The molecule has 6 heteroatoms. The molecule has 1 amide bonds. The van der Waals surface area contributed by atoms with E-state index in [1.165, 1.54) is 4.88 Å². The number of benzene rings is 2. The summed E-state index contributed by atoms with van der Waals surface area (Å²) in [7, 11) is 1.62. The lowest BCUT2D eigenvalue weighted by atomic mass is 9.72. The molecule has 0 unspecified atom stereocenters. The van der Waals surface area contributed by atoms with E-state index in [0.717, 1.165) is 41.1 Å². The maximum absolute atomic E-state index is 13.4. The van der Waals surface area contributed by atoms with Crippen molar-refractivity contribution in [3.8, 4) is 5.75 Å². The summed E-state index contributed by atoms with van der Waals surface area (Å²) in [4.78, 5) is 19.5. The van der Waals surface area contributed by atoms with Gasteiger partial charge in [0.05, 0.1) is 12.7 Å². The molecular formula is C27H29ClN2O2S. The fourth-order valence-electron chi connectivity index (χ4n) is 4.29. The van der Waals surface area contributed by atoms with Crippen LogP contribution in [0, 0.1) is 11.3 Å². The zero-order chi connectivity index (χ0) is 23.6. The van der Waals surface area contributed by atoms with Crippen molar-refractivity contribution in [3.63, 3.8) is 0 Å². The van der Waals surface area contributed by atoms with Gasteiger partial charge >= 0.3 is 0 Å². The molecule has 33 heavy (non-hydrogen) atoms. The molecule has 0 bridgehead atoms. The summed E-state index contributed by atoms with van der Waals surface area (Å²) in [6.07, 6.45) is 4.68. The van der Waals surface area contributed by atoms with Gasteiger partial charge in [-0.3, -0.25) is 4.79 Å². The number of methoxy groups -OCH3 is 1. The molecule has 0 aliphatic heterocycles. The number of hydrogen-bond acceptors (Lipinski definition) is 4. The highest BCUT2D eigenvalue weighted by Gasteiger charge is 2.33. The summed E-state index contributed by atoms with van der Waals surface area (Å²) in [6, 6.07) is 15.0. The molecule has 1 heterocycles. The van der Waals surface area contributed by atoms with Gasteiger partial charge in [-0.1, -0.05) is 50.6 Å². The number of rotatable bonds is 5. The minimum atomic E-state index is -0.113. The number of amides is 1. The van der Waals surface area contributed by atoms with E-state index in [9.17, 15) is 4.79 Å². The Morgan fingerprint density at radius 1 is 1.21 bits per heavy atom. The van der Waals surface area contributed by atoms with Crippen LogP contribution < -0.4 is 10.1 Å².